The molecule has 7 nitrogen and oxygen atoms in total. The smallest absolute Gasteiger partial charge is 0.306 e. The van der Waals surface area contributed by atoms with Crippen molar-refractivity contribution in [3.63, 3.8) is 0 Å². The summed E-state index contributed by atoms with van der Waals surface area (Å²) in [6.45, 7) is 13.3. The van der Waals surface area contributed by atoms with Crippen LogP contribution in [0, 0.1) is 0 Å². The molecule has 0 unspecified atom stereocenters. The highest BCUT2D eigenvalue weighted by molar-refractivity contribution is 7.92. The van der Waals surface area contributed by atoms with Crippen LogP contribution in [-0.2, 0) is 28.9 Å². The van der Waals surface area contributed by atoms with Crippen molar-refractivity contribution in [2.45, 2.75) is 69.3 Å². The second-order valence-corrected chi connectivity index (χ2v) is 17.2. The monoisotopic (exact) mass is 486 g/mol. The molecule has 0 aromatic heterocycles. The van der Waals surface area contributed by atoms with Gasteiger partial charge < -0.3 is 18.6 Å². The van der Waals surface area contributed by atoms with Crippen molar-refractivity contribution in [3.05, 3.63) is 23.8 Å². The molecule has 1 aromatic carbocycles. The van der Waals surface area contributed by atoms with Gasteiger partial charge in [-0.2, -0.15) is 0 Å². The Morgan fingerprint density at radius 3 is 2.00 bits per heavy atom. The van der Waals surface area contributed by atoms with Gasteiger partial charge in [0.2, 0.25) is 0 Å². The summed E-state index contributed by atoms with van der Waals surface area (Å²) in [4.78, 5) is 11.5. The summed E-state index contributed by atoms with van der Waals surface area (Å²) in [5.74, 6) is 0.299. The van der Waals surface area contributed by atoms with Crippen LogP contribution in [0.1, 0.15) is 53.5 Å². The molecule has 0 bridgehead atoms. The first-order chi connectivity index (χ1) is 14.9. The molecular formula is C23H38O7SSi. The molecule has 1 aliphatic rings. The van der Waals surface area contributed by atoms with Gasteiger partial charge in [0.25, 0.3) is 8.32 Å². The van der Waals surface area contributed by atoms with Crippen LogP contribution in [0.15, 0.2) is 18.2 Å². The average Bonchev–Trinajstić information content (AvgIpc) is 2.68. The second kappa shape index (κ2) is 10.1. The highest BCUT2D eigenvalue weighted by Crippen LogP contribution is 2.47. The molecule has 0 spiro atoms. The van der Waals surface area contributed by atoms with E-state index in [2.05, 4.69) is 46.3 Å². The molecule has 2 rings (SSSR count). The van der Waals surface area contributed by atoms with E-state index in [0.717, 1.165) is 0 Å². The lowest BCUT2D eigenvalue weighted by Crippen LogP contribution is -2.54. The minimum atomic E-state index is -3.67. The molecule has 32 heavy (non-hydrogen) atoms. The standard InChI is InChI=1S/C23H38O7SSi/c1-16(2)32(17(3)4,18(5)6)30-20-10-9-19(13-21(20)27-7)23(14-29-15-23)31(25,26)12-11-22(24)28-8/h9-10,13,16-18H,11-12,14-15H2,1-8H3. The van der Waals surface area contributed by atoms with E-state index in [1.807, 2.05) is 6.07 Å². The quantitative estimate of drug-likeness (QED) is 0.337. The number of carbonyl (C=O) groups is 1. The molecule has 1 aromatic rings. The number of sulfone groups is 1. The predicted octanol–water partition coefficient (Wildman–Crippen LogP) is 4.45. The van der Waals surface area contributed by atoms with Crippen LogP contribution in [0.2, 0.25) is 16.6 Å². The first-order valence-electron chi connectivity index (χ1n) is 11.1. The van der Waals surface area contributed by atoms with Crippen LogP contribution < -0.4 is 9.16 Å². The summed E-state index contributed by atoms with van der Waals surface area (Å²) in [7, 11) is -3.08. The number of hydrogen-bond donors (Lipinski definition) is 0. The van der Waals surface area contributed by atoms with Crippen molar-refractivity contribution in [1.29, 1.82) is 0 Å². The van der Waals surface area contributed by atoms with Gasteiger partial charge in [-0.25, -0.2) is 8.42 Å². The fourth-order valence-electron chi connectivity index (χ4n) is 4.91. The lowest BCUT2D eigenvalue weighted by atomic mass is 9.96. The van der Waals surface area contributed by atoms with Gasteiger partial charge in [-0.1, -0.05) is 47.6 Å². The largest absolute Gasteiger partial charge is 0.540 e. The van der Waals surface area contributed by atoms with Crippen LogP contribution in [0.3, 0.4) is 0 Å². The van der Waals surface area contributed by atoms with Crippen molar-refractivity contribution in [3.8, 4) is 11.5 Å². The Morgan fingerprint density at radius 2 is 1.59 bits per heavy atom. The van der Waals surface area contributed by atoms with Crippen molar-refractivity contribution in [2.75, 3.05) is 33.2 Å². The number of esters is 1. The zero-order chi connectivity index (χ0) is 24.3. The zero-order valence-electron chi connectivity index (χ0n) is 20.6. The molecule has 1 aliphatic heterocycles. The summed E-state index contributed by atoms with van der Waals surface area (Å²) in [5, 5.41) is 0. The van der Waals surface area contributed by atoms with Gasteiger partial charge in [-0.3, -0.25) is 4.79 Å². The minimum Gasteiger partial charge on any atom is -0.540 e. The molecule has 0 radical (unpaired) electrons. The number of hydrogen-bond acceptors (Lipinski definition) is 7. The maximum atomic E-state index is 13.2. The van der Waals surface area contributed by atoms with E-state index in [9.17, 15) is 13.2 Å². The van der Waals surface area contributed by atoms with Gasteiger partial charge in [0.15, 0.2) is 15.6 Å². The maximum Gasteiger partial charge on any atom is 0.306 e. The second-order valence-electron chi connectivity index (χ2n) is 9.42. The van der Waals surface area contributed by atoms with E-state index in [-0.39, 0.29) is 25.4 Å². The van der Waals surface area contributed by atoms with Gasteiger partial charge in [0, 0.05) is 0 Å². The molecule has 1 saturated heterocycles. The van der Waals surface area contributed by atoms with Crippen LogP contribution in [0.5, 0.6) is 11.5 Å². The van der Waals surface area contributed by atoms with Crippen molar-refractivity contribution >= 4 is 24.1 Å². The van der Waals surface area contributed by atoms with E-state index in [1.165, 1.54) is 7.11 Å². The van der Waals surface area contributed by atoms with Gasteiger partial charge in [-0.15, -0.1) is 0 Å². The van der Waals surface area contributed by atoms with Gasteiger partial charge in [0.1, 0.15) is 10.5 Å². The topological polar surface area (TPSA) is 88.1 Å². The van der Waals surface area contributed by atoms with E-state index in [1.54, 1.807) is 19.2 Å². The minimum absolute atomic E-state index is 0.0442. The van der Waals surface area contributed by atoms with Crippen LogP contribution in [0.25, 0.3) is 0 Å². The van der Waals surface area contributed by atoms with Crippen LogP contribution in [-0.4, -0.2) is 55.9 Å². The molecule has 182 valence electrons. The Morgan fingerprint density at radius 1 is 1.03 bits per heavy atom. The summed E-state index contributed by atoms with van der Waals surface area (Å²) >= 11 is 0. The number of benzene rings is 1. The molecular weight excluding hydrogens is 448 g/mol. The summed E-state index contributed by atoms with van der Waals surface area (Å²) in [5.41, 5.74) is 1.74. The normalized spacial score (nSPS) is 16.2. The van der Waals surface area contributed by atoms with Gasteiger partial charge >= 0.3 is 5.97 Å². The molecule has 0 atom stereocenters. The van der Waals surface area contributed by atoms with Crippen molar-refractivity contribution in [2.24, 2.45) is 0 Å². The average molecular weight is 487 g/mol. The number of methoxy groups -OCH3 is 2. The molecule has 0 aliphatic carbocycles. The molecule has 0 amide bonds. The van der Waals surface area contributed by atoms with Crippen molar-refractivity contribution in [1.82, 2.24) is 0 Å². The summed E-state index contributed by atoms with van der Waals surface area (Å²) < 4.78 is 47.5. The predicted molar refractivity (Wildman–Crippen MR) is 128 cm³/mol. The highest BCUT2D eigenvalue weighted by atomic mass is 32.2. The molecule has 0 saturated carbocycles. The third-order valence-electron chi connectivity index (χ3n) is 6.75. The Balaban J connectivity index is 2.46. The summed E-state index contributed by atoms with van der Waals surface area (Å²) in [6.07, 6.45) is -0.190. The SMILES string of the molecule is COC(=O)CCS(=O)(=O)C1(c2ccc(O[Si](C(C)C)(C(C)C)C(C)C)c(OC)c2)COC1. The van der Waals surface area contributed by atoms with E-state index in [4.69, 9.17) is 13.9 Å². The summed E-state index contributed by atoms with van der Waals surface area (Å²) in [6, 6.07) is 5.35. The number of carbonyl (C=O) groups excluding carboxylic acids is 1. The third kappa shape index (κ3) is 4.70. The number of rotatable bonds is 11. The fourth-order valence-corrected chi connectivity index (χ4v) is 12.0. The molecule has 0 N–H and O–H groups in total. The maximum absolute atomic E-state index is 13.2. The fraction of sp³-hybridized carbons (Fsp3) is 0.696. The molecule has 9 heteroatoms. The molecule has 1 fully saturated rings. The Bertz CT molecular complexity index is 883. The lowest BCUT2D eigenvalue weighted by molar-refractivity contribution is -0.140. The Hall–Kier alpha value is -1.58. The van der Waals surface area contributed by atoms with Crippen LogP contribution in [0.4, 0.5) is 0 Å². The third-order valence-corrected chi connectivity index (χ3v) is 15.1. The zero-order valence-corrected chi connectivity index (χ0v) is 22.4. The van der Waals surface area contributed by atoms with Crippen LogP contribution >= 0.6 is 0 Å². The lowest BCUT2D eigenvalue weighted by Gasteiger charge is -2.43. The van der Waals surface area contributed by atoms with Gasteiger partial charge in [0.05, 0.1) is 39.6 Å². The van der Waals surface area contributed by atoms with E-state index < -0.39 is 28.9 Å². The van der Waals surface area contributed by atoms with Crippen molar-refractivity contribution < 1.29 is 31.8 Å². The number of ether oxygens (including phenoxy) is 3. The van der Waals surface area contributed by atoms with E-state index in [0.29, 0.717) is 33.7 Å². The first-order valence-corrected chi connectivity index (χ1v) is 14.9. The van der Waals surface area contributed by atoms with E-state index >= 15 is 0 Å². The molecule has 1 heterocycles. The first kappa shape index (κ1) is 26.7. The highest BCUT2D eigenvalue weighted by Gasteiger charge is 2.52. The Kier molecular flexibility index (Phi) is 8.44. The van der Waals surface area contributed by atoms with Gasteiger partial charge in [-0.05, 0) is 34.3 Å². The Labute approximate surface area is 193 Å².